The fourth-order valence-corrected chi connectivity index (χ4v) is 5.73. The van der Waals surface area contributed by atoms with Crippen LogP contribution in [0.1, 0.15) is 43.9 Å². The number of nitrogens with one attached hydrogen (secondary N) is 2. The molecule has 0 radical (unpaired) electrons. The van der Waals surface area contributed by atoms with Gasteiger partial charge in [-0.1, -0.05) is 37.2 Å². The van der Waals surface area contributed by atoms with Crippen molar-refractivity contribution in [3.8, 4) is 10.6 Å². The second kappa shape index (κ2) is 10.8. The van der Waals surface area contributed by atoms with Gasteiger partial charge in [0.25, 0.3) is 0 Å². The third-order valence-electron chi connectivity index (χ3n) is 6.75. The zero-order valence-electron chi connectivity index (χ0n) is 20.1. The summed E-state index contributed by atoms with van der Waals surface area (Å²) in [7, 11) is 0. The highest BCUT2D eigenvalue weighted by atomic mass is 32.1. The van der Waals surface area contributed by atoms with Crippen molar-refractivity contribution >= 4 is 28.2 Å². The summed E-state index contributed by atoms with van der Waals surface area (Å²) in [5.74, 6) is 1.30. The molecule has 1 saturated heterocycles. The van der Waals surface area contributed by atoms with Crippen molar-refractivity contribution in [2.45, 2.75) is 52.1 Å². The van der Waals surface area contributed by atoms with E-state index in [0.29, 0.717) is 12.0 Å². The summed E-state index contributed by atoms with van der Waals surface area (Å²) in [5.41, 5.74) is 3.11. The van der Waals surface area contributed by atoms with E-state index in [9.17, 15) is 0 Å². The van der Waals surface area contributed by atoms with Crippen LogP contribution in [-0.4, -0.2) is 68.5 Å². The van der Waals surface area contributed by atoms with Gasteiger partial charge in [0.15, 0.2) is 5.13 Å². The fraction of sp³-hybridized carbons (Fsp3) is 0.520. The Morgan fingerprint density at radius 1 is 1.00 bits per heavy atom. The van der Waals surface area contributed by atoms with Crippen LogP contribution in [0.4, 0.5) is 16.9 Å². The highest BCUT2D eigenvalue weighted by molar-refractivity contribution is 7.19. The predicted molar refractivity (Wildman–Crippen MR) is 139 cm³/mol. The molecule has 180 valence electrons. The molecule has 3 aromatic rings. The van der Waals surface area contributed by atoms with Gasteiger partial charge in [-0.15, -0.1) is 0 Å². The minimum atomic E-state index is 0.548. The smallest absolute Gasteiger partial charge is 0.228 e. The van der Waals surface area contributed by atoms with E-state index < -0.39 is 0 Å². The SMILES string of the molecule is CCN1CCN(Cc2ccc(Nc3nccc(-c4sc(NC5CCCC5)nc4C)n3)nc2)CC1. The van der Waals surface area contributed by atoms with Crippen LogP contribution in [0.5, 0.6) is 0 Å². The van der Waals surface area contributed by atoms with Crippen molar-refractivity contribution in [3.05, 3.63) is 41.9 Å². The van der Waals surface area contributed by atoms with Crippen LogP contribution in [0, 0.1) is 6.92 Å². The van der Waals surface area contributed by atoms with E-state index in [2.05, 4.69) is 43.4 Å². The van der Waals surface area contributed by atoms with E-state index in [1.165, 1.54) is 31.2 Å². The standard InChI is InChI=1S/C25H34N8S/c1-3-32-12-14-33(15-13-32)17-19-8-9-22(27-16-19)31-24-26-11-10-21(30-24)23-18(2)28-25(34-23)29-20-6-4-5-7-20/h8-11,16,20H,3-7,12-15,17H2,1-2H3,(H,28,29)(H,26,27,30,31). The van der Waals surface area contributed by atoms with Gasteiger partial charge < -0.3 is 15.5 Å². The molecule has 0 atom stereocenters. The Morgan fingerprint density at radius 3 is 2.53 bits per heavy atom. The largest absolute Gasteiger partial charge is 0.359 e. The maximum Gasteiger partial charge on any atom is 0.228 e. The number of hydrogen-bond acceptors (Lipinski definition) is 9. The average molecular weight is 479 g/mol. The van der Waals surface area contributed by atoms with Crippen molar-refractivity contribution in [1.29, 1.82) is 0 Å². The summed E-state index contributed by atoms with van der Waals surface area (Å²) in [6.45, 7) is 10.9. The van der Waals surface area contributed by atoms with Gasteiger partial charge >= 0.3 is 0 Å². The molecule has 2 N–H and O–H groups in total. The average Bonchev–Trinajstić information content (AvgIpc) is 3.50. The van der Waals surface area contributed by atoms with Crippen molar-refractivity contribution in [2.24, 2.45) is 0 Å². The number of anilines is 3. The Labute approximate surface area is 205 Å². The normalized spacial score (nSPS) is 17.8. The van der Waals surface area contributed by atoms with Gasteiger partial charge in [0.05, 0.1) is 16.3 Å². The van der Waals surface area contributed by atoms with Gasteiger partial charge in [-0.2, -0.15) is 0 Å². The van der Waals surface area contributed by atoms with Gasteiger partial charge in [0.1, 0.15) is 5.82 Å². The van der Waals surface area contributed by atoms with Crippen LogP contribution in [0.15, 0.2) is 30.6 Å². The summed E-state index contributed by atoms with van der Waals surface area (Å²) in [6.07, 6.45) is 8.82. The lowest BCUT2D eigenvalue weighted by Crippen LogP contribution is -2.45. The van der Waals surface area contributed by atoms with Gasteiger partial charge in [0, 0.05) is 51.2 Å². The summed E-state index contributed by atoms with van der Waals surface area (Å²) < 4.78 is 0. The number of nitrogens with zero attached hydrogens (tertiary/aromatic N) is 6. The molecule has 34 heavy (non-hydrogen) atoms. The van der Waals surface area contributed by atoms with Gasteiger partial charge in [-0.05, 0) is 44.0 Å². The molecule has 0 bridgehead atoms. The van der Waals surface area contributed by atoms with Gasteiger partial charge in [0.2, 0.25) is 5.95 Å². The lowest BCUT2D eigenvalue weighted by atomic mass is 10.2. The molecule has 5 rings (SSSR count). The molecule has 0 aromatic carbocycles. The topological polar surface area (TPSA) is 82.1 Å². The van der Waals surface area contributed by atoms with E-state index >= 15 is 0 Å². The summed E-state index contributed by atoms with van der Waals surface area (Å²) in [6, 6.07) is 6.64. The number of piperazine rings is 1. The molecular formula is C25H34N8S. The minimum Gasteiger partial charge on any atom is -0.359 e. The Balaban J connectivity index is 1.21. The number of thiazole rings is 1. The first-order valence-electron chi connectivity index (χ1n) is 12.4. The van der Waals surface area contributed by atoms with Crippen molar-refractivity contribution < 1.29 is 0 Å². The highest BCUT2D eigenvalue weighted by Gasteiger charge is 2.19. The van der Waals surface area contributed by atoms with Gasteiger partial charge in [-0.3, -0.25) is 4.90 Å². The second-order valence-corrected chi connectivity index (χ2v) is 10.2. The lowest BCUT2D eigenvalue weighted by molar-refractivity contribution is 0.132. The lowest BCUT2D eigenvalue weighted by Gasteiger charge is -2.33. The van der Waals surface area contributed by atoms with Gasteiger partial charge in [-0.25, -0.2) is 19.9 Å². The molecule has 0 spiro atoms. The molecular weight excluding hydrogens is 444 g/mol. The summed E-state index contributed by atoms with van der Waals surface area (Å²) >= 11 is 1.67. The zero-order valence-corrected chi connectivity index (χ0v) is 20.9. The molecule has 1 saturated carbocycles. The number of hydrogen-bond donors (Lipinski definition) is 2. The highest BCUT2D eigenvalue weighted by Crippen LogP contribution is 2.33. The molecule has 0 amide bonds. The third kappa shape index (κ3) is 5.71. The van der Waals surface area contributed by atoms with E-state index in [4.69, 9.17) is 9.97 Å². The molecule has 0 unspecified atom stereocenters. The Bertz CT molecular complexity index is 1070. The van der Waals surface area contributed by atoms with E-state index in [1.807, 2.05) is 25.3 Å². The quantitative estimate of drug-likeness (QED) is 0.488. The van der Waals surface area contributed by atoms with E-state index in [1.54, 1.807) is 17.5 Å². The number of aryl methyl sites for hydroxylation is 1. The number of rotatable bonds is 8. The van der Waals surface area contributed by atoms with E-state index in [-0.39, 0.29) is 0 Å². The maximum absolute atomic E-state index is 4.74. The van der Waals surface area contributed by atoms with Crippen LogP contribution in [0.3, 0.4) is 0 Å². The second-order valence-electron chi connectivity index (χ2n) is 9.21. The van der Waals surface area contributed by atoms with Crippen LogP contribution in [-0.2, 0) is 6.54 Å². The summed E-state index contributed by atoms with van der Waals surface area (Å²) in [5, 5.41) is 7.84. The molecule has 4 heterocycles. The number of likely N-dealkylation sites (N-methyl/N-ethyl adjacent to an activating group) is 1. The van der Waals surface area contributed by atoms with Crippen LogP contribution < -0.4 is 10.6 Å². The molecule has 1 aliphatic heterocycles. The maximum atomic E-state index is 4.74. The first kappa shape index (κ1) is 23.1. The van der Waals surface area contributed by atoms with Crippen LogP contribution in [0.25, 0.3) is 10.6 Å². The first-order chi connectivity index (χ1) is 16.7. The monoisotopic (exact) mass is 478 g/mol. The molecule has 9 heteroatoms. The Kier molecular flexibility index (Phi) is 7.32. The van der Waals surface area contributed by atoms with E-state index in [0.717, 1.165) is 66.5 Å². The molecule has 3 aromatic heterocycles. The molecule has 1 aliphatic carbocycles. The van der Waals surface area contributed by atoms with Crippen LogP contribution in [0.2, 0.25) is 0 Å². The first-order valence-corrected chi connectivity index (χ1v) is 13.2. The number of pyridine rings is 1. The number of aromatic nitrogens is 4. The van der Waals surface area contributed by atoms with Crippen molar-refractivity contribution in [2.75, 3.05) is 43.4 Å². The minimum absolute atomic E-state index is 0.548. The Hall–Kier alpha value is -2.62. The molecule has 8 nitrogen and oxygen atoms in total. The molecule has 2 aliphatic rings. The summed E-state index contributed by atoms with van der Waals surface area (Å²) in [4.78, 5) is 24.6. The molecule has 2 fully saturated rings. The fourth-order valence-electron chi connectivity index (χ4n) is 4.71. The van der Waals surface area contributed by atoms with Crippen LogP contribution >= 0.6 is 11.3 Å². The van der Waals surface area contributed by atoms with Crippen molar-refractivity contribution in [3.63, 3.8) is 0 Å². The Morgan fingerprint density at radius 2 is 1.79 bits per heavy atom. The van der Waals surface area contributed by atoms with Crippen molar-refractivity contribution in [1.82, 2.24) is 29.7 Å². The third-order valence-corrected chi connectivity index (χ3v) is 7.86. The predicted octanol–water partition coefficient (Wildman–Crippen LogP) is 4.54. The zero-order chi connectivity index (χ0) is 23.3.